The highest BCUT2D eigenvalue weighted by Gasteiger charge is 2.47. The van der Waals surface area contributed by atoms with Gasteiger partial charge >= 0.3 is 6.18 Å². The molecule has 1 aromatic carbocycles. The lowest BCUT2D eigenvalue weighted by molar-refractivity contribution is -0.174. The molecule has 2 aromatic heterocycles. The highest BCUT2D eigenvalue weighted by molar-refractivity contribution is 6.03. The number of carbonyl (C=O) groups is 1. The topological polar surface area (TPSA) is 72.1 Å². The molecule has 1 aliphatic rings. The molecule has 0 saturated carbocycles. The van der Waals surface area contributed by atoms with E-state index in [9.17, 15) is 18.0 Å². The van der Waals surface area contributed by atoms with Crippen molar-refractivity contribution in [2.45, 2.75) is 38.5 Å². The van der Waals surface area contributed by atoms with Crippen LogP contribution in [0.15, 0.2) is 47.1 Å². The summed E-state index contributed by atoms with van der Waals surface area (Å²) < 4.78 is 47.1. The van der Waals surface area contributed by atoms with Crippen molar-refractivity contribution in [1.82, 2.24) is 9.78 Å². The number of halogens is 3. The third kappa shape index (κ3) is 3.72. The SMILES string of the molecule is Cc1ccc(NC(=O)c2cc3n(n2)[C@H](C(F)(F)F)C[C@@H](c2ccco2)N3)cc1C. The van der Waals surface area contributed by atoms with E-state index < -0.39 is 24.2 Å². The molecule has 1 aliphatic heterocycles. The minimum atomic E-state index is -4.52. The van der Waals surface area contributed by atoms with E-state index in [2.05, 4.69) is 15.7 Å². The summed E-state index contributed by atoms with van der Waals surface area (Å²) in [6.07, 6.45) is -3.40. The van der Waals surface area contributed by atoms with Gasteiger partial charge in [-0.2, -0.15) is 18.3 Å². The van der Waals surface area contributed by atoms with Crippen LogP contribution in [-0.2, 0) is 0 Å². The van der Waals surface area contributed by atoms with Crippen LogP contribution < -0.4 is 10.6 Å². The van der Waals surface area contributed by atoms with Crippen LogP contribution in [0.4, 0.5) is 24.7 Å². The van der Waals surface area contributed by atoms with Crippen molar-refractivity contribution >= 4 is 17.4 Å². The number of hydrogen-bond acceptors (Lipinski definition) is 4. The van der Waals surface area contributed by atoms with Crippen LogP contribution in [0.2, 0.25) is 0 Å². The Hall–Kier alpha value is -3.23. The van der Waals surface area contributed by atoms with E-state index in [0.29, 0.717) is 11.4 Å². The highest BCUT2D eigenvalue weighted by atomic mass is 19.4. The molecular weight excluding hydrogens is 385 g/mol. The number of aryl methyl sites for hydroxylation is 2. The van der Waals surface area contributed by atoms with Gasteiger partial charge in [0.05, 0.1) is 12.3 Å². The Morgan fingerprint density at radius 3 is 2.69 bits per heavy atom. The first-order valence-electron chi connectivity index (χ1n) is 9.07. The van der Waals surface area contributed by atoms with Gasteiger partial charge in [0.2, 0.25) is 0 Å². The van der Waals surface area contributed by atoms with Gasteiger partial charge in [0, 0.05) is 18.2 Å². The minimum absolute atomic E-state index is 0.0972. The number of amides is 1. The van der Waals surface area contributed by atoms with Crippen molar-refractivity contribution in [3.05, 3.63) is 65.2 Å². The second-order valence-corrected chi connectivity index (χ2v) is 7.12. The molecule has 2 atom stereocenters. The summed E-state index contributed by atoms with van der Waals surface area (Å²) in [6.45, 7) is 3.86. The third-order valence-electron chi connectivity index (χ3n) is 5.07. The minimum Gasteiger partial charge on any atom is -0.467 e. The predicted octanol–water partition coefficient (Wildman–Crippen LogP) is 5.01. The number of furan rings is 1. The van der Waals surface area contributed by atoms with E-state index in [0.717, 1.165) is 15.8 Å². The van der Waals surface area contributed by atoms with Gasteiger partial charge in [0.25, 0.3) is 5.91 Å². The molecule has 152 valence electrons. The number of alkyl halides is 3. The van der Waals surface area contributed by atoms with Crippen molar-refractivity contribution in [3.8, 4) is 0 Å². The highest BCUT2D eigenvalue weighted by Crippen LogP contribution is 2.43. The maximum absolute atomic E-state index is 13.7. The second kappa shape index (κ2) is 6.98. The fraction of sp³-hybridized carbons (Fsp3) is 0.300. The zero-order valence-corrected chi connectivity index (χ0v) is 15.7. The smallest absolute Gasteiger partial charge is 0.410 e. The van der Waals surface area contributed by atoms with Gasteiger partial charge in [-0.15, -0.1) is 0 Å². The van der Waals surface area contributed by atoms with Crippen molar-refractivity contribution in [1.29, 1.82) is 0 Å². The molecule has 0 unspecified atom stereocenters. The summed E-state index contributed by atoms with van der Waals surface area (Å²) in [5, 5.41) is 9.61. The monoisotopic (exact) mass is 404 g/mol. The molecule has 4 rings (SSSR count). The van der Waals surface area contributed by atoms with Crippen LogP contribution in [0.25, 0.3) is 0 Å². The maximum atomic E-state index is 13.7. The van der Waals surface area contributed by atoms with Gasteiger partial charge in [-0.05, 0) is 49.2 Å². The molecule has 9 heteroatoms. The largest absolute Gasteiger partial charge is 0.467 e. The number of benzene rings is 1. The molecule has 2 N–H and O–H groups in total. The van der Waals surface area contributed by atoms with Crippen molar-refractivity contribution < 1.29 is 22.4 Å². The Balaban J connectivity index is 1.63. The van der Waals surface area contributed by atoms with Crippen LogP contribution >= 0.6 is 0 Å². The molecule has 0 aliphatic carbocycles. The average molecular weight is 404 g/mol. The number of fused-ring (bicyclic) bond motifs is 1. The Kier molecular flexibility index (Phi) is 4.60. The summed E-state index contributed by atoms with van der Waals surface area (Å²) >= 11 is 0. The van der Waals surface area contributed by atoms with E-state index in [1.54, 1.807) is 24.3 Å². The van der Waals surface area contributed by atoms with Crippen LogP contribution in [-0.4, -0.2) is 21.9 Å². The second-order valence-electron chi connectivity index (χ2n) is 7.12. The van der Waals surface area contributed by atoms with Crippen molar-refractivity contribution in [3.63, 3.8) is 0 Å². The number of carbonyl (C=O) groups excluding carboxylic acids is 1. The Labute approximate surface area is 164 Å². The summed E-state index contributed by atoms with van der Waals surface area (Å²) in [5.74, 6) is -0.0644. The Bertz CT molecular complexity index is 1040. The van der Waals surface area contributed by atoms with E-state index >= 15 is 0 Å². The Morgan fingerprint density at radius 2 is 2.03 bits per heavy atom. The number of anilines is 2. The number of rotatable bonds is 3. The van der Waals surface area contributed by atoms with Gasteiger partial charge in [-0.25, -0.2) is 4.68 Å². The summed E-state index contributed by atoms with van der Waals surface area (Å²) in [6, 6.07) is 7.42. The zero-order chi connectivity index (χ0) is 20.8. The van der Waals surface area contributed by atoms with Crippen LogP contribution in [0.1, 0.15) is 45.9 Å². The average Bonchev–Trinajstić information content (AvgIpc) is 3.32. The van der Waals surface area contributed by atoms with Gasteiger partial charge in [-0.1, -0.05) is 6.07 Å². The third-order valence-corrected chi connectivity index (χ3v) is 5.07. The van der Waals surface area contributed by atoms with Crippen LogP contribution in [0, 0.1) is 13.8 Å². The van der Waals surface area contributed by atoms with Gasteiger partial charge < -0.3 is 15.1 Å². The molecule has 3 aromatic rings. The first kappa shape index (κ1) is 19.1. The van der Waals surface area contributed by atoms with Gasteiger partial charge in [0.1, 0.15) is 11.6 Å². The summed E-state index contributed by atoms with van der Waals surface area (Å²) in [7, 11) is 0. The number of nitrogens with zero attached hydrogens (tertiary/aromatic N) is 2. The molecule has 6 nitrogen and oxygen atoms in total. The van der Waals surface area contributed by atoms with E-state index in [4.69, 9.17) is 4.42 Å². The molecule has 0 radical (unpaired) electrons. The predicted molar refractivity (Wildman–Crippen MR) is 101 cm³/mol. The Morgan fingerprint density at radius 1 is 1.24 bits per heavy atom. The molecule has 29 heavy (non-hydrogen) atoms. The molecule has 0 bridgehead atoms. The first-order chi connectivity index (χ1) is 13.7. The lowest BCUT2D eigenvalue weighted by Gasteiger charge is -2.32. The van der Waals surface area contributed by atoms with E-state index in [1.807, 2.05) is 19.9 Å². The maximum Gasteiger partial charge on any atom is 0.410 e. The summed E-state index contributed by atoms with van der Waals surface area (Å²) in [5.41, 5.74) is 2.52. The van der Waals surface area contributed by atoms with Gasteiger partial charge in [0.15, 0.2) is 11.7 Å². The van der Waals surface area contributed by atoms with Crippen molar-refractivity contribution in [2.24, 2.45) is 0 Å². The van der Waals surface area contributed by atoms with Crippen LogP contribution in [0.3, 0.4) is 0 Å². The zero-order valence-electron chi connectivity index (χ0n) is 15.7. The first-order valence-corrected chi connectivity index (χ1v) is 9.07. The number of nitrogens with one attached hydrogen (secondary N) is 2. The lowest BCUT2D eigenvalue weighted by atomic mass is 10.0. The van der Waals surface area contributed by atoms with Crippen LogP contribution in [0.5, 0.6) is 0 Å². The van der Waals surface area contributed by atoms with Gasteiger partial charge in [-0.3, -0.25) is 4.79 Å². The van der Waals surface area contributed by atoms with E-state index in [1.165, 1.54) is 12.3 Å². The number of hydrogen-bond donors (Lipinski definition) is 2. The molecule has 0 fully saturated rings. The lowest BCUT2D eigenvalue weighted by Crippen LogP contribution is -2.35. The quantitative estimate of drug-likeness (QED) is 0.644. The fourth-order valence-electron chi connectivity index (χ4n) is 3.37. The molecular formula is C20H19F3N4O2. The molecule has 0 saturated heterocycles. The molecule has 1 amide bonds. The normalized spacial score (nSPS) is 18.8. The molecule has 0 spiro atoms. The van der Waals surface area contributed by atoms with Crippen molar-refractivity contribution in [2.75, 3.05) is 10.6 Å². The van der Waals surface area contributed by atoms with E-state index in [-0.39, 0.29) is 17.9 Å². The fourth-order valence-corrected chi connectivity index (χ4v) is 3.37. The number of aromatic nitrogens is 2. The molecule has 3 heterocycles. The summed E-state index contributed by atoms with van der Waals surface area (Å²) in [4.78, 5) is 12.6. The standard InChI is InChI=1S/C20H19F3N4O2/c1-11-5-6-13(8-12(11)2)24-19(28)15-10-18-25-14(16-4-3-7-29-16)9-17(20(21,22)23)27(18)26-15/h3-8,10,14,17,25H,9H2,1-2H3,(H,24,28)/t14-,17-/m0/s1.